The summed E-state index contributed by atoms with van der Waals surface area (Å²) in [7, 11) is 0. The van der Waals surface area contributed by atoms with E-state index in [1.165, 1.54) is 18.2 Å². The van der Waals surface area contributed by atoms with Crippen molar-refractivity contribution in [3.05, 3.63) is 59.4 Å². The Morgan fingerprint density at radius 3 is 2.37 bits per heavy atom. The summed E-state index contributed by atoms with van der Waals surface area (Å²) in [5.41, 5.74) is 0.527. The smallest absolute Gasteiger partial charge is 0.325 e. The zero-order chi connectivity index (χ0) is 19.2. The van der Waals surface area contributed by atoms with Crippen molar-refractivity contribution in [2.45, 2.75) is 0 Å². The molecule has 7 nitrogen and oxygen atoms in total. The molecule has 0 atom stereocenters. The van der Waals surface area contributed by atoms with E-state index in [2.05, 4.69) is 5.32 Å². The Hall–Kier alpha value is -3.42. The van der Waals surface area contributed by atoms with Gasteiger partial charge >= 0.3 is 5.97 Å². The second-order valence-electron chi connectivity index (χ2n) is 5.63. The summed E-state index contributed by atoms with van der Waals surface area (Å²) in [6, 6.07) is 9.56. The average molecular weight is 373 g/mol. The minimum absolute atomic E-state index is 0.205. The van der Waals surface area contributed by atoms with Crippen LogP contribution in [0.5, 0.6) is 11.5 Å². The summed E-state index contributed by atoms with van der Waals surface area (Å²) in [5.74, 6) is -1.18. The lowest BCUT2D eigenvalue weighted by atomic mass is 10.1. The highest BCUT2D eigenvalue weighted by Gasteiger charge is 2.16. The van der Waals surface area contributed by atoms with Crippen LogP contribution in [-0.4, -0.2) is 44.0 Å². The Balaban J connectivity index is 1.46. The van der Waals surface area contributed by atoms with Crippen molar-refractivity contribution in [3.63, 3.8) is 0 Å². The monoisotopic (exact) mass is 373 g/mol. The molecule has 0 aliphatic carbocycles. The highest BCUT2D eigenvalue weighted by atomic mass is 19.1. The summed E-state index contributed by atoms with van der Waals surface area (Å²) in [6.07, 6.45) is 0. The first-order valence-electron chi connectivity index (χ1n) is 8.15. The van der Waals surface area contributed by atoms with Crippen LogP contribution in [0.3, 0.4) is 0 Å². The third-order valence-corrected chi connectivity index (χ3v) is 3.73. The average Bonchev–Trinajstić information content (AvgIpc) is 2.70. The molecule has 0 unspecified atom stereocenters. The van der Waals surface area contributed by atoms with Crippen LogP contribution >= 0.6 is 0 Å². The number of hydrogen-bond acceptors (Lipinski definition) is 6. The second kappa shape index (κ2) is 8.31. The van der Waals surface area contributed by atoms with Crippen LogP contribution in [0.2, 0.25) is 0 Å². The first kappa shape index (κ1) is 18.4. The Morgan fingerprint density at radius 1 is 0.963 bits per heavy atom. The van der Waals surface area contributed by atoms with Gasteiger partial charge in [-0.1, -0.05) is 0 Å². The van der Waals surface area contributed by atoms with Gasteiger partial charge in [-0.2, -0.15) is 0 Å². The van der Waals surface area contributed by atoms with Crippen molar-refractivity contribution in [2.24, 2.45) is 0 Å². The molecule has 0 fully saturated rings. The number of carbonyl (C=O) groups excluding carboxylic acids is 3. The molecule has 27 heavy (non-hydrogen) atoms. The van der Waals surface area contributed by atoms with Gasteiger partial charge in [0.25, 0.3) is 5.91 Å². The second-order valence-corrected chi connectivity index (χ2v) is 5.63. The lowest BCUT2D eigenvalue weighted by molar-refractivity contribution is -0.141. The molecule has 0 spiro atoms. The van der Waals surface area contributed by atoms with E-state index in [-0.39, 0.29) is 5.56 Å². The molecule has 140 valence electrons. The van der Waals surface area contributed by atoms with Gasteiger partial charge in [-0.15, -0.1) is 0 Å². The number of benzene rings is 2. The zero-order valence-corrected chi connectivity index (χ0v) is 14.2. The van der Waals surface area contributed by atoms with Gasteiger partial charge in [0.2, 0.25) is 0 Å². The fraction of sp³-hybridized carbons (Fsp3) is 0.211. The molecule has 8 heteroatoms. The van der Waals surface area contributed by atoms with Gasteiger partial charge in [-0.05, 0) is 42.5 Å². The predicted octanol–water partition coefficient (Wildman–Crippen LogP) is 1.75. The molecule has 2 aromatic carbocycles. The maximum Gasteiger partial charge on any atom is 0.325 e. The van der Waals surface area contributed by atoms with E-state index in [4.69, 9.17) is 14.2 Å². The molecule has 0 aromatic heterocycles. The van der Waals surface area contributed by atoms with Crippen molar-refractivity contribution in [2.75, 3.05) is 26.4 Å². The molecule has 1 aliphatic heterocycles. The van der Waals surface area contributed by atoms with Gasteiger partial charge in [-0.25, -0.2) is 4.39 Å². The number of carbonyl (C=O) groups is 3. The molecule has 0 radical (unpaired) electrons. The SMILES string of the molecule is O=C(CNC(=O)c1ccc(F)cc1)OCC(=O)c1ccc2c(c1)OCCO2. The van der Waals surface area contributed by atoms with Gasteiger partial charge in [0.05, 0.1) is 0 Å². The summed E-state index contributed by atoms with van der Waals surface area (Å²) in [5, 5.41) is 2.34. The Labute approximate surface area is 154 Å². The summed E-state index contributed by atoms with van der Waals surface area (Å²) in [4.78, 5) is 35.7. The van der Waals surface area contributed by atoms with Gasteiger partial charge in [0, 0.05) is 11.1 Å². The van der Waals surface area contributed by atoms with Crippen molar-refractivity contribution in [1.29, 1.82) is 0 Å². The fourth-order valence-electron chi connectivity index (χ4n) is 2.35. The molecule has 1 amide bonds. The number of amides is 1. The van der Waals surface area contributed by atoms with Crippen LogP contribution in [0.25, 0.3) is 0 Å². The minimum atomic E-state index is -0.767. The van der Waals surface area contributed by atoms with Gasteiger partial charge in [0.1, 0.15) is 25.6 Å². The molecule has 0 bridgehead atoms. The molecule has 0 saturated heterocycles. The van der Waals surface area contributed by atoms with Gasteiger partial charge < -0.3 is 19.5 Å². The topological polar surface area (TPSA) is 90.9 Å². The molecule has 2 aromatic rings. The maximum atomic E-state index is 12.8. The number of ether oxygens (including phenoxy) is 3. The number of nitrogens with one attached hydrogen (secondary N) is 1. The summed E-state index contributed by atoms with van der Waals surface area (Å²) >= 11 is 0. The number of hydrogen-bond donors (Lipinski definition) is 1. The zero-order valence-electron chi connectivity index (χ0n) is 14.2. The number of ketones is 1. The highest BCUT2D eigenvalue weighted by molar-refractivity contribution is 5.99. The first-order chi connectivity index (χ1) is 13.0. The number of esters is 1. The van der Waals surface area contributed by atoms with E-state index in [0.29, 0.717) is 30.3 Å². The van der Waals surface area contributed by atoms with Crippen LogP contribution in [0.15, 0.2) is 42.5 Å². The quantitative estimate of drug-likeness (QED) is 0.613. The maximum absolute atomic E-state index is 12.8. The number of fused-ring (bicyclic) bond motifs is 1. The summed E-state index contributed by atoms with van der Waals surface area (Å²) < 4.78 is 28.5. The third kappa shape index (κ3) is 4.81. The lowest BCUT2D eigenvalue weighted by Crippen LogP contribution is -2.31. The normalized spacial score (nSPS) is 12.2. The Kier molecular flexibility index (Phi) is 5.65. The van der Waals surface area contributed by atoms with Crippen molar-refractivity contribution >= 4 is 17.7 Å². The largest absolute Gasteiger partial charge is 0.486 e. The summed E-state index contributed by atoms with van der Waals surface area (Å²) in [6.45, 7) is -0.0372. The van der Waals surface area contributed by atoms with Crippen molar-refractivity contribution in [1.82, 2.24) is 5.32 Å². The van der Waals surface area contributed by atoms with E-state index >= 15 is 0 Å². The Morgan fingerprint density at radius 2 is 1.63 bits per heavy atom. The molecule has 1 aliphatic rings. The van der Waals surface area contributed by atoms with Crippen molar-refractivity contribution in [3.8, 4) is 11.5 Å². The highest BCUT2D eigenvalue weighted by Crippen LogP contribution is 2.30. The third-order valence-electron chi connectivity index (χ3n) is 3.73. The first-order valence-corrected chi connectivity index (χ1v) is 8.15. The van der Waals surface area contributed by atoms with Crippen LogP contribution in [0.1, 0.15) is 20.7 Å². The predicted molar refractivity (Wildman–Crippen MR) is 91.5 cm³/mol. The molecular weight excluding hydrogens is 357 g/mol. The molecule has 1 heterocycles. The number of Topliss-reactive ketones (excluding diaryl/α,β-unsaturated/α-hetero) is 1. The van der Waals surface area contributed by atoms with E-state index in [1.807, 2.05) is 0 Å². The van der Waals surface area contributed by atoms with Gasteiger partial charge in [-0.3, -0.25) is 14.4 Å². The van der Waals surface area contributed by atoms with Crippen LogP contribution in [0, 0.1) is 5.82 Å². The van der Waals surface area contributed by atoms with Crippen LogP contribution < -0.4 is 14.8 Å². The standard InChI is InChI=1S/C19H16FNO6/c20-14-4-1-12(2-5-14)19(24)21-10-18(23)27-11-15(22)13-3-6-16-17(9-13)26-8-7-25-16/h1-6,9H,7-8,10-11H2,(H,21,24). The minimum Gasteiger partial charge on any atom is -0.486 e. The number of rotatable bonds is 6. The van der Waals surface area contributed by atoms with E-state index < -0.39 is 36.6 Å². The Bertz CT molecular complexity index is 865. The molecule has 0 saturated carbocycles. The van der Waals surface area contributed by atoms with E-state index in [0.717, 1.165) is 12.1 Å². The van der Waals surface area contributed by atoms with E-state index in [1.54, 1.807) is 12.1 Å². The lowest BCUT2D eigenvalue weighted by Gasteiger charge is -2.18. The molecule has 1 N–H and O–H groups in total. The van der Waals surface area contributed by atoms with Crippen LogP contribution in [0.4, 0.5) is 4.39 Å². The number of halogens is 1. The fourth-order valence-corrected chi connectivity index (χ4v) is 2.35. The van der Waals surface area contributed by atoms with Gasteiger partial charge in [0.15, 0.2) is 23.9 Å². The molecular formula is C19H16FNO6. The van der Waals surface area contributed by atoms with Crippen molar-refractivity contribution < 1.29 is 33.0 Å². The molecule has 3 rings (SSSR count). The van der Waals surface area contributed by atoms with Crippen LogP contribution in [-0.2, 0) is 9.53 Å². The van der Waals surface area contributed by atoms with E-state index in [9.17, 15) is 18.8 Å².